The highest BCUT2D eigenvalue weighted by molar-refractivity contribution is 6.60. The van der Waals surface area contributed by atoms with Crippen molar-refractivity contribution in [1.29, 1.82) is 0 Å². The van der Waals surface area contributed by atoms with E-state index >= 15 is 0 Å². The molecule has 0 aliphatic carbocycles. The molecular weight excluding hydrogens is 256 g/mol. The summed E-state index contributed by atoms with van der Waals surface area (Å²) in [5, 5.41) is 9.59. The first-order valence-electron chi connectivity index (χ1n) is 5.66. The molecule has 0 aromatic carbocycles. The van der Waals surface area contributed by atoms with E-state index in [-0.39, 0.29) is 6.61 Å². The molecule has 1 unspecified atom stereocenters. The first-order chi connectivity index (χ1) is 8.53. The van der Waals surface area contributed by atoms with E-state index in [0.717, 1.165) is 6.08 Å². The lowest BCUT2D eigenvalue weighted by molar-refractivity contribution is -0.140. The Morgan fingerprint density at radius 3 is 2.33 bits per heavy atom. The minimum atomic E-state index is -2.57. The highest BCUT2D eigenvalue weighted by Gasteiger charge is 2.37. The first-order valence-corrected chi connectivity index (χ1v) is 7.59. The highest BCUT2D eigenvalue weighted by atomic mass is 28.4. The molecule has 0 aromatic rings. The van der Waals surface area contributed by atoms with Crippen molar-refractivity contribution in [2.45, 2.75) is 25.0 Å². The molecule has 0 spiro atoms. The van der Waals surface area contributed by atoms with Crippen LogP contribution in [0.1, 0.15) is 12.8 Å². The number of esters is 1. The lowest BCUT2D eigenvalue weighted by atomic mass is 10.2. The Morgan fingerprint density at radius 2 is 1.89 bits per heavy atom. The van der Waals surface area contributed by atoms with Crippen molar-refractivity contribution in [3.8, 4) is 0 Å². The summed E-state index contributed by atoms with van der Waals surface area (Å²) < 4.78 is 20.5. The third-order valence-corrected chi connectivity index (χ3v) is 5.37. The number of ether oxygens (including phenoxy) is 1. The summed E-state index contributed by atoms with van der Waals surface area (Å²) in [6, 6.07) is 0.600. The van der Waals surface area contributed by atoms with Crippen molar-refractivity contribution < 1.29 is 27.9 Å². The van der Waals surface area contributed by atoms with Crippen LogP contribution < -0.4 is 0 Å². The molecule has 1 atom stereocenters. The van der Waals surface area contributed by atoms with E-state index in [2.05, 4.69) is 6.58 Å². The van der Waals surface area contributed by atoms with Gasteiger partial charge in [0.2, 0.25) is 0 Å². The molecule has 0 bridgehead atoms. The average molecular weight is 278 g/mol. The van der Waals surface area contributed by atoms with Gasteiger partial charge in [-0.25, -0.2) is 4.79 Å². The van der Waals surface area contributed by atoms with Crippen LogP contribution in [0.5, 0.6) is 0 Å². The molecule has 6 nitrogen and oxygen atoms in total. The number of carbonyl (C=O) groups is 1. The van der Waals surface area contributed by atoms with Crippen LogP contribution in [0.25, 0.3) is 0 Å². The molecule has 106 valence electrons. The van der Waals surface area contributed by atoms with E-state index in [1.807, 2.05) is 0 Å². The van der Waals surface area contributed by atoms with Crippen LogP contribution in [0.2, 0.25) is 6.04 Å². The number of hydrogen-bond donors (Lipinski definition) is 1. The van der Waals surface area contributed by atoms with Gasteiger partial charge in [0.15, 0.2) is 0 Å². The van der Waals surface area contributed by atoms with Crippen LogP contribution in [-0.2, 0) is 22.8 Å². The normalized spacial score (nSPS) is 13.1. The number of carbonyl (C=O) groups excluding carboxylic acids is 1. The Balaban J connectivity index is 3.88. The Kier molecular flexibility index (Phi) is 8.85. The molecule has 0 amide bonds. The monoisotopic (exact) mass is 278 g/mol. The second-order valence-electron chi connectivity index (χ2n) is 3.68. The van der Waals surface area contributed by atoms with Crippen molar-refractivity contribution in [2.24, 2.45) is 0 Å². The fraction of sp³-hybridized carbons (Fsp3) is 0.727. The summed E-state index contributed by atoms with van der Waals surface area (Å²) in [5.41, 5.74) is 0. The third-order valence-electron chi connectivity index (χ3n) is 2.54. The van der Waals surface area contributed by atoms with Crippen molar-refractivity contribution in [2.75, 3.05) is 27.9 Å². The summed E-state index contributed by atoms with van der Waals surface area (Å²) >= 11 is 0. The van der Waals surface area contributed by atoms with Crippen LogP contribution in [0.15, 0.2) is 12.7 Å². The molecule has 0 heterocycles. The van der Waals surface area contributed by atoms with Crippen molar-refractivity contribution >= 4 is 14.8 Å². The predicted molar refractivity (Wildman–Crippen MR) is 68.0 cm³/mol. The van der Waals surface area contributed by atoms with Crippen molar-refractivity contribution in [3.63, 3.8) is 0 Å². The van der Waals surface area contributed by atoms with Gasteiger partial charge in [-0.3, -0.25) is 0 Å². The zero-order chi connectivity index (χ0) is 14.0. The molecule has 0 saturated heterocycles. The molecule has 0 saturated carbocycles. The topological polar surface area (TPSA) is 74.2 Å². The summed E-state index contributed by atoms with van der Waals surface area (Å²) in [5.74, 6) is -0.538. The molecule has 0 aliphatic rings. The zero-order valence-corrected chi connectivity index (χ0v) is 12.2. The Bertz CT molecular complexity index is 246. The first kappa shape index (κ1) is 17.3. The van der Waals surface area contributed by atoms with Gasteiger partial charge in [-0.2, -0.15) is 0 Å². The summed E-state index contributed by atoms with van der Waals surface area (Å²) in [6.45, 7) is 3.23. The fourth-order valence-corrected chi connectivity index (χ4v) is 3.18. The van der Waals surface area contributed by atoms with Gasteiger partial charge >= 0.3 is 14.8 Å². The lowest BCUT2D eigenvalue weighted by Crippen LogP contribution is -2.42. The van der Waals surface area contributed by atoms with Gasteiger partial charge in [0.1, 0.15) is 6.61 Å². The molecular formula is C11H22O6Si. The Hall–Kier alpha value is -0.733. The third kappa shape index (κ3) is 6.27. The van der Waals surface area contributed by atoms with Crippen LogP contribution in [-0.4, -0.2) is 53.9 Å². The molecule has 7 heteroatoms. The largest absolute Gasteiger partial charge is 0.500 e. The lowest BCUT2D eigenvalue weighted by Gasteiger charge is -2.24. The maximum Gasteiger partial charge on any atom is 0.500 e. The second kappa shape index (κ2) is 9.23. The minimum Gasteiger partial charge on any atom is -0.460 e. The van der Waals surface area contributed by atoms with Crippen molar-refractivity contribution in [3.05, 3.63) is 12.7 Å². The number of aliphatic hydroxyl groups excluding tert-OH is 1. The molecule has 1 N–H and O–H groups in total. The SMILES string of the molecule is C=CC(=O)OCC(O)CCC[Si](OC)(OC)OC. The molecule has 0 rings (SSSR count). The maximum absolute atomic E-state index is 10.8. The van der Waals surface area contributed by atoms with E-state index in [1.54, 1.807) is 21.3 Å². The zero-order valence-electron chi connectivity index (χ0n) is 11.2. The van der Waals surface area contributed by atoms with Crippen LogP contribution in [0.3, 0.4) is 0 Å². The molecule has 0 radical (unpaired) electrons. The van der Waals surface area contributed by atoms with E-state index in [0.29, 0.717) is 18.9 Å². The van der Waals surface area contributed by atoms with E-state index in [9.17, 15) is 9.90 Å². The summed E-state index contributed by atoms with van der Waals surface area (Å²) in [4.78, 5) is 10.8. The summed E-state index contributed by atoms with van der Waals surface area (Å²) in [6.07, 6.45) is 1.50. The van der Waals surface area contributed by atoms with Crippen LogP contribution in [0.4, 0.5) is 0 Å². The van der Waals surface area contributed by atoms with Gasteiger partial charge in [-0.15, -0.1) is 0 Å². The molecule has 0 aromatic heterocycles. The molecule has 18 heavy (non-hydrogen) atoms. The highest BCUT2D eigenvalue weighted by Crippen LogP contribution is 2.17. The van der Waals surface area contributed by atoms with E-state index in [4.69, 9.17) is 18.0 Å². The Labute approximate surface area is 109 Å². The fourth-order valence-electron chi connectivity index (χ4n) is 1.43. The standard InChI is InChI=1S/C11H22O6Si/c1-5-11(13)17-9-10(12)7-6-8-18(14-2,15-3)16-4/h5,10,12H,1,6-9H2,2-4H3. The number of aliphatic hydroxyl groups is 1. The van der Waals surface area contributed by atoms with Crippen molar-refractivity contribution in [1.82, 2.24) is 0 Å². The van der Waals surface area contributed by atoms with Gasteiger partial charge in [-0.1, -0.05) is 6.58 Å². The minimum absolute atomic E-state index is 0.0354. The van der Waals surface area contributed by atoms with Gasteiger partial charge in [0, 0.05) is 33.4 Å². The van der Waals surface area contributed by atoms with E-state index in [1.165, 1.54) is 0 Å². The molecule has 0 aliphatic heterocycles. The van der Waals surface area contributed by atoms with Crippen LogP contribution >= 0.6 is 0 Å². The summed E-state index contributed by atoms with van der Waals surface area (Å²) in [7, 11) is 2.06. The molecule has 0 fully saturated rings. The van der Waals surface area contributed by atoms with E-state index < -0.39 is 20.9 Å². The smallest absolute Gasteiger partial charge is 0.460 e. The predicted octanol–water partition coefficient (Wildman–Crippen LogP) is 0.735. The van der Waals surface area contributed by atoms with Gasteiger partial charge in [0.05, 0.1) is 6.10 Å². The quantitative estimate of drug-likeness (QED) is 0.361. The maximum atomic E-state index is 10.8. The van der Waals surface area contributed by atoms with Gasteiger partial charge < -0.3 is 23.1 Å². The second-order valence-corrected chi connectivity index (χ2v) is 6.77. The average Bonchev–Trinajstić information content (AvgIpc) is 2.41. The number of hydrogen-bond acceptors (Lipinski definition) is 6. The van der Waals surface area contributed by atoms with Gasteiger partial charge in [-0.05, 0) is 12.8 Å². The Morgan fingerprint density at radius 1 is 1.33 bits per heavy atom. The number of rotatable bonds is 10. The van der Waals surface area contributed by atoms with Crippen LogP contribution in [0, 0.1) is 0 Å². The van der Waals surface area contributed by atoms with Gasteiger partial charge in [0.25, 0.3) is 0 Å².